The summed E-state index contributed by atoms with van der Waals surface area (Å²) in [5, 5.41) is 8.90. The summed E-state index contributed by atoms with van der Waals surface area (Å²) in [6.45, 7) is 0.0833. The number of carbonyl (C=O) groups excluding carboxylic acids is 1. The van der Waals surface area contributed by atoms with Gasteiger partial charge >= 0.3 is 18.1 Å². The van der Waals surface area contributed by atoms with Crippen molar-refractivity contribution in [3.63, 3.8) is 0 Å². The third-order valence-corrected chi connectivity index (χ3v) is 3.94. The van der Waals surface area contributed by atoms with Crippen LogP contribution in [0.2, 0.25) is 0 Å². The van der Waals surface area contributed by atoms with Gasteiger partial charge in [0.2, 0.25) is 0 Å². The smallest absolute Gasteiger partial charge is 0.471 e. The highest BCUT2D eigenvalue weighted by atomic mass is 19.4. The minimum atomic E-state index is -4.83. The van der Waals surface area contributed by atoms with E-state index in [-0.39, 0.29) is 12.5 Å². The lowest BCUT2D eigenvalue weighted by Gasteiger charge is -2.34. The number of carboxylic acids is 1. The van der Waals surface area contributed by atoms with Crippen LogP contribution in [0, 0.1) is 11.8 Å². The van der Waals surface area contributed by atoms with E-state index >= 15 is 0 Å². The molecule has 18 heavy (non-hydrogen) atoms. The summed E-state index contributed by atoms with van der Waals surface area (Å²) < 4.78 is 37.1. The molecular formula is C11H14F3NO3. The first-order valence-corrected chi connectivity index (χ1v) is 5.91. The molecule has 2 aliphatic rings. The van der Waals surface area contributed by atoms with E-state index in [9.17, 15) is 22.8 Å². The fraction of sp³-hybridized carbons (Fsp3) is 0.818. The number of rotatable bonds is 1. The number of fused-ring (bicyclic) bond motifs is 1. The van der Waals surface area contributed by atoms with Crippen molar-refractivity contribution in [1.29, 1.82) is 0 Å². The maximum Gasteiger partial charge on any atom is 0.471 e. The van der Waals surface area contributed by atoms with E-state index in [0.29, 0.717) is 25.7 Å². The zero-order valence-electron chi connectivity index (χ0n) is 9.61. The van der Waals surface area contributed by atoms with Crippen molar-refractivity contribution in [3.8, 4) is 0 Å². The molecule has 1 heterocycles. The number of carbonyl (C=O) groups is 2. The molecule has 2 rings (SSSR count). The highest BCUT2D eigenvalue weighted by Gasteiger charge is 2.50. The van der Waals surface area contributed by atoms with Gasteiger partial charge in [-0.25, -0.2) is 0 Å². The van der Waals surface area contributed by atoms with Crippen molar-refractivity contribution in [1.82, 2.24) is 4.90 Å². The molecule has 1 aliphatic heterocycles. The fourth-order valence-corrected chi connectivity index (χ4v) is 3.08. The first kappa shape index (κ1) is 13.2. The van der Waals surface area contributed by atoms with Crippen molar-refractivity contribution in [2.75, 3.05) is 6.54 Å². The fourth-order valence-electron chi connectivity index (χ4n) is 3.08. The van der Waals surface area contributed by atoms with Crippen molar-refractivity contribution in [2.24, 2.45) is 11.8 Å². The Labute approximate surface area is 102 Å². The lowest BCUT2D eigenvalue weighted by molar-refractivity contribution is -0.187. The molecule has 3 atom stereocenters. The van der Waals surface area contributed by atoms with Gasteiger partial charge in [0.05, 0.1) is 5.92 Å². The summed E-state index contributed by atoms with van der Waals surface area (Å²) in [7, 11) is 0. The number of alkyl halides is 3. The number of halogens is 3. The third-order valence-electron chi connectivity index (χ3n) is 3.94. The molecule has 0 aromatic heterocycles. The molecule has 0 unspecified atom stereocenters. The lowest BCUT2D eigenvalue weighted by Crippen LogP contribution is -2.47. The van der Waals surface area contributed by atoms with Gasteiger partial charge in [-0.3, -0.25) is 9.59 Å². The Morgan fingerprint density at radius 3 is 2.39 bits per heavy atom. The van der Waals surface area contributed by atoms with Crippen molar-refractivity contribution in [2.45, 2.75) is 37.9 Å². The largest absolute Gasteiger partial charge is 0.481 e. The van der Waals surface area contributed by atoms with Crippen LogP contribution in [0.15, 0.2) is 0 Å². The van der Waals surface area contributed by atoms with Crippen LogP contribution in [-0.2, 0) is 9.59 Å². The minimum absolute atomic E-state index is 0.0833. The predicted molar refractivity (Wildman–Crippen MR) is 54.6 cm³/mol. The van der Waals surface area contributed by atoms with Crippen LogP contribution in [-0.4, -0.2) is 40.6 Å². The van der Waals surface area contributed by atoms with E-state index in [1.165, 1.54) is 0 Å². The third kappa shape index (κ3) is 2.30. The number of nitrogens with zero attached hydrogens (tertiary/aromatic N) is 1. The molecule has 2 fully saturated rings. The second kappa shape index (κ2) is 4.44. The van der Waals surface area contributed by atoms with Gasteiger partial charge in [-0.1, -0.05) is 0 Å². The Kier molecular flexibility index (Phi) is 3.25. The summed E-state index contributed by atoms with van der Waals surface area (Å²) in [4.78, 5) is 23.0. The lowest BCUT2D eigenvalue weighted by atomic mass is 9.78. The Morgan fingerprint density at radius 1 is 1.17 bits per heavy atom. The Bertz CT molecular complexity index is 369. The Morgan fingerprint density at radius 2 is 1.83 bits per heavy atom. The molecule has 4 nitrogen and oxygen atoms in total. The molecule has 1 saturated heterocycles. The maximum absolute atomic E-state index is 12.4. The van der Waals surface area contributed by atoms with Gasteiger partial charge in [0.15, 0.2) is 0 Å². The minimum Gasteiger partial charge on any atom is -0.481 e. The second-order valence-electron chi connectivity index (χ2n) is 4.96. The van der Waals surface area contributed by atoms with Crippen LogP contribution in [0.25, 0.3) is 0 Å². The standard InChI is InChI=1S/C11H14F3NO3/c12-11(13,14)10(18)15-4-3-6-5-7(9(16)17)1-2-8(6)15/h6-8H,1-5H2,(H,16,17)/t6-,7-,8+/m1/s1. The second-order valence-corrected chi connectivity index (χ2v) is 4.96. The van der Waals surface area contributed by atoms with E-state index in [4.69, 9.17) is 5.11 Å². The van der Waals surface area contributed by atoms with Crippen LogP contribution in [0.4, 0.5) is 13.2 Å². The van der Waals surface area contributed by atoms with Crippen LogP contribution in [0.1, 0.15) is 25.7 Å². The van der Waals surface area contributed by atoms with Crippen molar-refractivity contribution >= 4 is 11.9 Å². The summed E-state index contributed by atoms with van der Waals surface area (Å²) in [6.07, 6.45) is -3.29. The van der Waals surface area contributed by atoms with E-state index in [2.05, 4.69) is 0 Å². The highest BCUT2D eigenvalue weighted by Crippen LogP contribution is 2.40. The topological polar surface area (TPSA) is 57.6 Å². The van der Waals surface area contributed by atoms with Crippen molar-refractivity contribution < 1.29 is 27.9 Å². The number of hydrogen-bond acceptors (Lipinski definition) is 2. The van der Waals surface area contributed by atoms with Crippen LogP contribution >= 0.6 is 0 Å². The van der Waals surface area contributed by atoms with Gasteiger partial charge in [0.1, 0.15) is 0 Å². The summed E-state index contributed by atoms with van der Waals surface area (Å²) in [5.74, 6) is -3.27. The van der Waals surface area contributed by atoms with Crippen LogP contribution in [0.5, 0.6) is 0 Å². The quantitative estimate of drug-likeness (QED) is 0.784. The Hall–Kier alpha value is -1.27. The van der Waals surface area contributed by atoms with Crippen molar-refractivity contribution in [3.05, 3.63) is 0 Å². The molecule has 1 N–H and O–H groups in total. The molecule has 0 radical (unpaired) electrons. The number of likely N-dealkylation sites (tertiary alicyclic amines) is 1. The molecule has 0 aromatic carbocycles. The summed E-state index contributed by atoms with van der Waals surface area (Å²) in [5.41, 5.74) is 0. The first-order chi connectivity index (χ1) is 8.30. The van der Waals surface area contributed by atoms with E-state index in [1.54, 1.807) is 0 Å². The number of carboxylic acid groups (broad SMARTS) is 1. The van der Waals surface area contributed by atoms with Gasteiger partial charge < -0.3 is 10.0 Å². The molecule has 0 bridgehead atoms. The number of amides is 1. The monoisotopic (exact) mass is 265 g/mol. The van der Waals surface area contributed by atoms with Gasteiger partial charge in [0.25, 0.3) is 0 Å². The maximum atomic E-state index is 12.4. The average molecular weight is 265 g/mol. The number of aliphatic carboxylic acids is 1. The first-order valence-electron chi connectivity index (χ1n) is 5.91. The molecule has 1 aliphatic carbocycles. The van der Waals surface area contributed by atoms with Crippen LogP contribution in [0.3, 0.4) is 0 Å². The van der Waals surface area contributed by atoms with E-state index in [0.717, 1.165) is 4.90 Å². The molecule has 1 saturated carbocycles. The van der Waals surface area contributed by atoms with Crippen LogP contribution < -0.4 is 0 Å². The molecule has 7 heteroatoms. The van der Waals surface area contributed by atoms with Gasteiger partial charge in [-0.05, 0) is 31.6 Å². The normalized spacial score (nSPS) is 32.2. The summed E-state index contributed by atoms with van der Waals surface area (Å²) in [6, 6.07) is -0.435. The molecule has 1 amide bonds. The molecule has 0 aromatic rings. The van der Waals surface area contributed by atoms with E-state index < -0.39 is 30.0 Å². The van der Waals surface area contributed by atoms with E-state index in [1.807, 2.05) is 0 Å². The SMILES string of the molecule is O=C(O)[C@@H]1CC[C@H]2[C@H](CCN2C(=O)C(F)(F)F)C1. The zero-order valence-corrected chi connectivity index (χ0v) is 9.61. The summed E-state index contributed by atoms with van der Waals surface area (Å²) >= 11 is 0. The molecular weight excluding hydrogens is 251 g/mol. The van der Waals surface area contributed by atoms with Gasteiger partial charge in [-0.2, -0.15) is 13.2 Å². The zero-order chi connectivity index (χ0) is 13.5. The average Bonchev–Trinajstić information content (AvgIpc) is 2.68. The highest BCUT2D eigenvalue weighted by molar-refractivity contribution is 5.82. The Balaban J connectivity index is 2.05. The molecule has 102 valence electrons. The van der Waals surface area contributed by atoms with Gasteiger partial charge in [0, 0.05) is 12.6 Å². The number of hydrogen-bond donors (Lipinski definition) is 1. The predicted octanol–water partition coefficient (Wildman–Crippen LogP) is 1.65. The van der Waals surface area contributed by atoms with Gasteiger partial charge in [-0.15, -0.1) is 0 Å². The molecule has 0 spiro atoms.